The van der Waals surface area contributed by atoms with E-state index >= 15 is 0 Å². The molecule has 6 nitrogen and oxygen atoms in total. The summed E-state index contributed by atoms with van der Waals surface area (Å²) in [5.74, 6) is -3.36. The summed E-state index contributed by atoms with van der Waals surface area (Å²) in [6.07, 6.45) is -0.498. The minimum Gasteiger partial charge on any atom is -0.496 e. The molecule has 9 heteroatoms. The highest BCUT2D eigenvalue weighted by atomic mass is 19.2. The largest absolute Gasteiger partial charge is 0.496 e. The smallest absolute Gasteiger partial charge is 0.249 e. The van der Waals surface area contributed by atoms with Crippen LogP contribution in [0.1, 0.15) is 5.56 Å². The van der Waals surface area contributed by atoms with Crippen molar-refractivity contribution in [3.63, 3.8) is 0 Å². The van der Waals surface area contributed by atoms with Crippen LogP contribution in [0.25, 0.3) is 11.4 Å². The van der Waals surface area contributed by atoms with Gasteiger partial charge < -0.3 is 4.74 Å². The van der Waals surface area contributed by atoms with Gasteiger partial charge >= 0.3 is 0 Å². The maximum Gasteiger partial charge on any atom is 0.249 e. The van der Waals surface area contributed by atoms with Crippen molar-refractivity contribution < 1.29 is 22.7 Å². The van der Waals surface area contributed by atoms with Crippen molar-refractivity contribution in [1.82, 2.24) is 15.2 Å². The summed E-state index contributed by atoms with van der Waals surface area (Å²) in [4.78, 5) is 16.1. The van der Waals surface area contributed by atoms with Gasteiger partial charge in [0.2, 0.25) is 11.9 Å². The molecule has 0 saturated carbocycles. The lowest BCUT2D eigenvalue weighted by molar-refractivity contribution is -0.115. The van der Waals surface area contributed by atoms with Crippen molar-refractivity contribution in [3.8, 4) is 17.1 Å². The van der Waals surface area contributed by atoms with E-state index in [4.69, 9.17) is 4.74 Å². The predicted molar refractivity (Wildman–Crippen MR) is 87.0 cm³/mol. The first-order valence-corrected chi connectivity index (χ1v) is 7.47. The van der Waals surface area contributed by atoms with Gasteiger partial charge in [-0.3, -0.25) is 15.2 Å². The lowest BCUT2D eigenvalue weighted by atomic mass is 10.1. The number of rotatable bonds is 5. The first-order chi connectivity index (χ1) is 12.5. The number of methoxy groups -OCH3 is 1. The Morgan fingerprint density at radius 2 is 1.88 bits per heavy atom. The van der Waals surface area contributed by atoms with Gasteiger partial charge in [-0.25, -0.2) is 13.2 Å². The van der Waals surface area contributed by atoms with Crippen LogP contribution in [0.3, 0.4) is 0 Å². The first-order valence-electron chi connectivity index (χ1n) is 7.47. The molecule has 2 aromatic carbocycles. The quantitative estimate of drug-likeness (QED) is 0.684. The van der Waals surface area contributed by atoms with E-state index in [1.165, 1.54) is 7.11 Å². The Kier molecular flexibility index (Phi) is 4.87. The summed E-state index contributed by atoms with van der Waals surface area (Å²) in [7, 11) is 1.51. The average molecular weight is 362 g/mol. The molecule has 1 aromatic heterocycles. The Morgan fingerprint density at radius 1 is 1.15 bits per heavy atom. The summed E-state index contributed by atoms with van der Waals surface area (Å²) in [6, 6.07) is 8.10. The molecule has 0 bridgehead atoms. The number of hydrogen-bond donors (Lipinski definition) is 2. The summed E-state index contributed by atoms with van der Waals surface area (Å²) < 4.78 is 44.9. The third-order valence-electron chi connectivity index (χ3n) is 3.54. The number of aromatic nitrogens is 3. The van der Waals surface area contributed by atoms with Gasteiger partial charge in [-0.15, -0.1) is 5.10 Å². The third kappa shape index (κ3) is 3.66. The van der Waals surface area contributed by atoms with Crippen LogP contribution in [0.2, 0.25) is 0 Å². The van der Waals surface area contributed by atoms with E-state index in [9.17, 15) is 18.0 Å². The number of anilines is 1. The summed E-state index contributed by atoms with van der Waals surface area (Å²) in [5.41, 5.74) is 0.358. The van der Waals surface area contributed by atoms with Gasteiger partial charge in [0.25, 0.3) is 0 Å². The van der Waals surface area contributed by atoms with Gasteiger partial charge in [0.05, 0.1) is 19.1 Å². The standard InChI is InChI=1S/C17H13F3N4O2/c1-26-14-5-3-2-4-10(14)16-22-17(24-23-16)21-15(25)7-9-6-12(19)13(20)8-11(9)18/h2-6,8H,7H2,1H3,(H2,21,22,23,24,25). The topological polar surface area (TPSA) is 79.9 Å². The van der Waals surface area contributed by atoms with E-state index in [0.717, 1.165) is 0 Å². The van der Waals surface area contributed by atoms with E-state index in [2.05, 4.69) is 20.5 Å². The van der Waals surface area contributed by atoms with E-state index in [1.54, 1.807) is 24.3 Å². The fraction of sp³-hybridized carbons (Fsp3) is 0.118. The molecule has 0 aliphatic carbocycles. The number of halogens is 3. The molecule has 0 atom stereocenters. The van der Waals surface area contributed by atoms with Gasteiger partial charge in [-0.1, -0.05) is 12.1 Å². The minimum absolute atomic E-state index is 0.0427. The average Bonchev–Trinajstić information content (AvgIpc) is 3.07. The van der Waals surface area contributed by atoms with Crippen molar-refractivity contribution in [3.05, 3.63) is 59.4 Å². The lowest BCUT2D eigenvalue weighted by Crippen LogP contribution is -2.16. The number of amides is 1. The zero-order valence-corrected chi connectivity index (χ0v) is 13.5. The normalized spacial score (nSPS) is 10.6. The second-order valence-electron chi connectivity index (χ2n) is 5.29. The van der Waals surface area contributed by atoms with Crippen LogP contribution >= 0.6 is 0 Å². The summed E-state index contributed by atoms with van der Waals surface area (Å²) in [5, 5.41) is 8.87. The van der Waals surface area contributed by atoms with Gasteiger partial charge in [0.1, 0.15) is 11.6 Å². The van der Waals surface area contributed by atoms with Gasteiger partial charge in [-0.2, -0.15) is 4.98 Å². The Labute approximate surface area is 146 Å². The van der Waals surface area contributed by atoms with Crippen molar-refractivity contribution in [2.75, 3.05) is 12.4 Å². The number of benzene rings is 2. The van der Waals surface area contributed by atoms with Crippen LogP contribution in [-0.4, -0.2) is 28.2 Å². The molecule has 0 fully saturated rings. The van der Waals surface area contributed by atoms with Crippen molar-refractivity contribution in [1.29, 1.82) is 0 Å². The molecule has 2 N–H and O–H groups in total. The first kappa shape index (κ1) is 17.5. The predicted octanol–water partition coefficient (Wildman–Crippen LogP) is 3.08. The SMILES string of the molecule is COc1ccccc1-c1nc(NC(=O)Cc2cc(F)c(F)cc2F)n[nH]1. The van der Waals surface area contributed by atoms with Crippen LogP contribution < -0.4 is 10.1 Å². The Balaban J connectivity index is 1.73. The fourth-order valence-electron chi connectivity index (χ4n) is 2.32. The third-order valence-corrected chi connectivity index (χ3v) is 3.54. The number of ether oxygens (including phenoxy) is 1. The second-order valence-corrected chi connectivity index (χ2v) is 5.29. The number of nitrogens with zero attached hydrogens (tertiary/aromatic N) is 2. The molecule has 0 saturated heterocycles. The molecular formula is C17H13F3N4O2. The van der Waals surface area contributed by atoms with E-state index in [0.29, 0.717) is 29.3 Å². The number of para-hydroxylation sites is 1. The number of aromatic amines is 1. The van der Waals surface area contributed by atoms with Gasteiger partial charge in [-0.05, 0) is 18.2 Å². The molecule has 0 aliphatic heterocycles. The van der Waals surface area contributed by atoms with E-state index in [1.807, 2.05) is 0 Å². The second kappa shape index (κ2) is 7.26. The van der Waals surface area contributed by atoms with Crippen LogP contribution in [0.5, 0.6) is 5.75 Å². The van der Waals surface area contributed by atoms with E-state index < -0.39 is 29.8 Å². The number of carbonyl (C=O) groups excluding carboxylic acids is 1. The number of H-pyrrole nitrogens is 1. The Morgan fingerprint density at radius 3 is 2.65 bits per heavy atom. The van der Waals surface area contributed by atoms with Crippen molar-refractivity contribution in [2.45, 2.75) is 6.42 Å². The molecule has 3 aromatic rings. The Hall–Kier alpha value is -3.36. The van der Waals surface area contributed by atoms with Gasteiger partial charge in [0, 0.05) is 11.6 Å². The Bertz CT molecular complexity index is 959. The minimum atomic E-state index is -1.32. The summed E-state index contributed by atoms with van der Waals surface area (Å²) in [6.45, 7) is 0. The maximum absolute atomic E-state index is 13.6. The molecule has 0 aliphatic rings. The molecule has 26 heavy (non-hydrogen) atoms. The van der Waals surface area contributed by atoms with Crippen molar-refractivity contribution in [2.24, 2.45) is 0 Å². The van der Waals surface area contributed by atoms with Gasteiger partial charge in [0.15, 0.2) is 17.5 Å². The van der Waals surface area contributed by atoms with E-state index in [-0.39, 0.29) is 11.5 Å². The highest BCUT2D eigenvalue weighted by molar-refractivity contribution is 5.90. The molecule has 0 radical (unpaired) electrons. The maximum atomic E-state index is 13.6. The molecule has 134 valence electrons. The molecule has 0 spiro atoms. The molecule has 3 rings (SSSR count). The fourth-order valence-corrected chi connectivity index (χ4v) is 2.32. The number of hydrogen-bond acceptors (Lipinski definition) is 4. The molecular weight excluding hydrogens is 349 g/mol. The van der Waals surface area contributed by atoms with Crippen LogP contribution in [0.4, 0.5) is 19.1 Å². The molecule has 0 unspecified atom stereocenters. The molecule has 1 heterocycles. The lowest BCUT2D eigenvalue weighted by Gasteiger charge is -2.05. The molecule has 1 amide bonds. The zero-order valence-electron chi connectivity index (χ0n) is 13.5. The summed E-state index contributed by atoms with van der Waals surface area (Å²) >= 11 is 0. The van der Waals surface area contributed by atoms with Crippen molar-refractivity contribution >= 4 is 11.9 Å². The highest BCUT2D eigenvalue weighted by Gasteiger charge is 2.16. The van der Waals surface area contributed by atoms with Crippen LogP contribution in [0, 0.1) is 17.5 Å². The van der Waals surface area contributed by atoms with Crippen LogP contribution in [-0.2, 0) is 11.2 Å². The zero-order chi connectivity index (χ0) is 18.7. The van der Waals surface area contributed by atoms with Crippen LogP contribution in [0.15, 0.2) is 36.4 Å². The highest BCUT2D eigenvalue weighted by Crippen LogP contribution is 2.27. The monoisotopic (exact) mass is 362 g/mol. The number of carbonyl (C=O) groups is 1. The number of nitrogens with one attached hydrogen (secondary N) is 2.